The van der Waals surface area contributed by atoms with E-state index in [1.54, 1.807) is 0 Å². The summed E-state index contributed by atoms with van der Waals surface area (Å²) in [4.78, 5) is 27.0. The SMILES string of the molecule is Cc1c(C(=O)NC(CN2CCCC2=O)c2ccccc2)nnn1C1CCNCC1. The van der Waals surface area contributed by atoms with E-state index in [4.69, 9.17) is 0 Å². The van der Waals surface area contributed by atoms with Gasteiger partial charge in [-0.05, 0) is 44.8 Å². The Kier molecular flexibility index (Phi) is 5.89. The van der Waals surface area contributed by atoms with E-state index in [1.807, 2.05) is 46.8 Å². The normalized spacial score (nSPS) is 18.8. The fourth-order valence-corrected chi connectivity index (χ4v) is 4.21. The number of carbonyl (C=O) groups is 2. The predicted molar refractivity (Wildman–Crippen MR) is 108 cm³/mol. The third-order valence-electron chi connectivity index (χ3n) is 5.88. The second-order valence-corrected chi connectivity index (χ2v) is 7.83. The van der Waals surface area contributed by atoms with Gasteiger partial charge in [-0.3, -0.25) is 9.59 Å². The molecule has 2 amide bonds. The zero-order valence-electron chi connectivity index (χ0n) is 16.8. The molecule has 1 aromatic heterocycles. The van der Waals surface area contributed by atoms with Crippen molar-refractivity contribution >= 4 is 11.8 Å². The van der Waals surface area contributed by atoms with Gasteiger partial charge in [-0.25, -0.2) is 4.68 Å². The van der Waals surface area contributed by atoms with E-state index in [0.29, 0.717) is 18.7 Å². The van der Waals surface area contributed by atoms with Crippen LogP contribution in [-0.2, 0) is 4.79 Å². The average molecular weight is 396 g/mol. The molecule has 0 bridgehead atoms. The van der Waals surface area contributed by atoms with Crippen LogP contribution in [0.15, 0.2) is 30.3 Å². The molecule has 2 saturated heterocycles. The first-order chi connectivity index (χ1) is 14.1. The minimum atomic E-state index is -0.283. The van der Waals surface area contributed by atoms with Crippen LogP contribution in [0, 0.1) is 6.92 Å². The maximum absolute atomic E-state index is 13.1. The number of nitrogens with zero attached hydrogens (tertiary/aromatic N) is 4. The summed E-state index contributed by atoms with van der Waals surface area (Å²) in [6.07, 6.45) is 3.42. The topological polar surface area (TPSA) is 92.2 Å². The Labute approximate surface area is 170 Å². The summed E-state index contributed by atoms with van der Waals surface area (Å²) in [5, 5.41) is 14.9. The monoisotopic (exact) mass is 396 g/mol. The van der Waals surface area contributed by atoms with Crippen molar-refractivity contribution in [3.05, 3.63) is 47.3 Å². The first-order valence-electron chi connectivity index (χ1n) is 10.4. The van der Waals surface area contributed by atoms with Gasteiger partial charge >= 0.3 is 0 Å². The third kappa shape index (κ3) is 4.32. The Balaban J connectivity index is 1.52. The van der Waals surface area contributed by atoms with Crippen LogP contribution in [0.1, 0.15) is 59.5 Å². The van der Waals surface area contributed by atoms with Gasteiger partial charge in [0.25, 0.3) is 5.91 Å². The molecule has 29 heavy (non-hydrogen) atoms. The van der Waals surface area contributed by atoms with Crippen LogP contribution in [0.4, 0.5) is 0 Å². The Morgan fingerprint density at radius 3 is 2.72 bits per heavy atom. The van der Waals surface area contributed by atoms with Gasteiger partial charge in [-0.15, -0.1) is 5.10 Å². The number of hydrogen-bond acceptors (Lipinski definition) is 5. The zero-order valence-corrected chi connectivity index (χ0v) is 16.8. The molecule has 8 nitrogen and oxygen atoms in total. The summed E-state index contributed by atoms with van der Waals surface area (Å²) in [6, 6.07) is 9.77. The molecule has 2 N–H and O–H groups in total. The quantitative estimate of drug-likeness (QED) is 0.774. The molecule has 0 aliphatic carbocycles. The lowest BCUT2D eigenvalue weighted by molar-refractivity contribution is -0.128. The van der Waals surface area contributed by atoms with Crippen LogP contribution >= 0.6 is 0 Å². The summed E-state index contributed by atoms with van der Waals surface area (Å²) < 4.78 is 1.89. The van der Waals surface area contributed by atoms with Gasteiger partial charge < -0.3 is 15.5 Å². The highest BCUT2D eigenvalue weighted by Crippen LogP contribution is 2.22. The van der Waals surface area contributed by atoms with Crippen LogP contribution in [0.5, 0.6) is 0 Å². The molecule has 1 unspecified atom stereocenters. The van der Waals surface area contributed by atoms with Crippen molar-refractivity contribution in [1.29, 1.82) is 0 Å². The Morgan fingerprint density at radius 1 is 1.28 bits per heavy atom. The van der Waals surface area contributed by atoms with Crippen molar-refractivity contribution in [2.45, 2.75) is 44.7 Å². The number of piperidine rings is 1. The number of rotatable bonds is 6. The fourth-order valence-electron chi connectivity index (χ4n) is 4.21. The molecule has 1 atom stereocenters. The van der Waals surface area contributed by atoms with Crippen LogP contribution < -0.4 is 10.6 Å². The number of nitrogens with one attached hydrogen (secondary N) is 2. The van der Waals surface area contributed by atoms with Gasteiger partial charge in [0.1, 0.15) is 0 Å². The smallest absolute Gasteiger partial charge is 0.274 e. The summed E-state index contributed by atoms with van der Waals surface area (Å²) in [7, 11) is 0. The number of hydrogen-bond donors (Lipinski definition) is 2. The zero-order chi connectivity index (χ0) is 20.2. The summed E-state index contributed by atoms with van der Waals surface area (Å²) in [6.45, 7) is 5.01. The first kappa shape index (κ1) is 19.6. The van der Waals surface area contributed by atoms with E-state index >= 15 is 0 Å². The molecule has 8 heteroatoms. The largest absolute Gasteiger partial charge is 0.342 e. The highest BCUT2D eigenvalue weighted by Gasteiger charge is 2.28. The van der Waals surface area contributed by atoms with Crippen molar-refractivity contribution in [2.75, 3.05) is 26.2 Å². The van der Waals surface area contributed by atoms with Gasteiger partial charge in [0, 0.05) is 19.5 Å². The van der Waals surface area contributed by atoms with Crippen molar-refractivity contribution in [3.63, 3.8) is 0 Å². The molecule has 1 aromatic carbocycles. The van der Waals surface area contributed by atoms with Crippen LogP contribution in [0.2, 0.25) is 0 Å². The van der Waals surface area contributed by atoms with E-state index in [1.165, 1.54) is 0 Å². The van der Waals surface area contributed by atoms with E-state index in [9.17, 15) is 9.59 Å². The molecule has 2 aromatic rings. The number of benzene rings is 1. The number of likely N-dealkylation sites (tertiary alicyclic amines) is 1. The van der Waals surface area contributed by atoms with E-state index < -0.39 is 0 Å². The summed E-state index contributed by atoms with van der Waals surface area (Å²) >= 11 is 0. The van der Waals surface area contributed by atoms with Crippen molar-refractivity contribution in [3.8, 4) is 0 Å². The van der Waals surface area contributed by atoms with Gasteiger partial charge in [-0.1, -0.05) is 35.5 Å². The lowest BCUT2D eigenvalue weighted by Crippen LogP contribution is -2.39. The van der Waals surface area contributed by atoms with E-state index in [0.717, 1.165) is 50.2 Å². The summed E-state index contributed by atoms with van der Waals surface area (Å²) in [5.41, 5.74) is 2.12. The minimum Gasteiger partial charge on any atom is -0.342 e. The molecule has 2 fully saturated rings. The maximum atomic E-state index is 13.1. The molecule has 154 valence electrons. The average Bonchev–Trinajstić information content (AvgIpc) is 3.34. The van der Waals surface area contributed by atoms with Crippen molar-refractivity contribution in [1.82, 2.24) is 30.5 Å². The van der Waals surface area contributed by atoms with Gasteiger partial charge in [0.2, 0.25) is 5.91 Å². The Hall–Kier alpha value is -2.74. The molecule has 2 aliphatic heterocycles. The molecule has 0 spiro atoms. The molecule has 0 radical (unpaired) electrons. The second kappa shape index (κ2) is 8.73. The van der Waals surface area contributed by atoms with Crippen LogP contribution in [0.3, 0.4) is 0 Å². The van der Waals surface area contributed by atoms with Crippen molar-refractivity contribution < 1.29 is 9.59 Å². The lowest BCUT2D eigenvalue weighted by atomic mass is 10.1. The van der Waals surface area contributed by atoms with Crippen molar-refractivity contribution in [2.24, 2.45) is 0 Å². The minimum absolute atomic E-state index is 0.146. The number of amides is 2. The number of carbonyl (C=O) groups excluding carboxylic acids is 2. The Morgan fingerprint density at radius 2 is 2.03 bits per heavy atom. The van der Waals surface area contributed by atoms with Gasteiger partial charge in [0.05, 0.1) is 17.8 Å². The molecular weight excluding hydrogens is 368 g/mol. The Bertz CT molecular complexity index is 859. The van der Waals surface area contributed by atoms with Crippen LogP contribution in [-0.4, -0.2) is 57.9 Å². The van der Waals surface area contributed by atoms with Gasteiger partial charge in [0.15, 0.2) is 5.69 Å². The predicted octanol–water partition coefficient (Wildman–Crippen LogP) is 1.60. The molecule has 0 saturated carbocycles. The maximum Gasteiger partial charge on any atom is 0.274 e. The number of aromatic nitrogens is 3. The third-order valence-corrected chi connectivity index (χ3v) is 5.88. The van der Waals surface area contributed by atoms with E-state index in [2.05, 4.69) is 20.9 Å². The molecule has 4 rings (SSSR count). The van der Waals surface area contributed by atoms with Gasteiger partial charge in [-0.2, -0.15) is 0 Å². The molecular formula is C21H28N6O2. The summed E-state index contributed by atoms with van der Waals surface area (Å²) in [5.74, 6) is -0.101. The molecule has 3 heterocycles. The fraction of sp³-hybridized carbons (Fsp3) is 0.524. The molecule has 2 aliphatic rings. The second-order valence-electron chi connectivity index (χ2n) is 7.83. The highest BCUT2D eigenvalue weighted by atomic mass is 16.2. The first-order valence-corrected chi connectivity index (χ1v) is 10.4. The highest BCUT2D eigenvalue weighted by molar-refractivity contribution is 5.93. The lowest BCUT2D eigenvalue weighted by Gasteiger charge is -2.25. The van der Waals surface area contributed by atoms with E-state index in [-0.39, 0.29) is 23.9 Å². The van der Waals surface area contributed by atoms with Crippen LogP contribution in [0.25, 0.3) is 0 Å². The standard InChI is InChI=1S/C21H28N6O2/c1-15-20(24-25-27(15)17-9-11-22-12-10-17)21(29)23-18(16-6-3-2-4-7-16)14-26-13-5-8-19(26)28/h2-4,6-7,17-18,22H,5,8-14H2,1H3,(H,23,29).